The van der Waals surface area contributed by atoms with Crippen LogP contribution in [0.25, 0.3) is 0 Å². The van der Waals surface area contributed by atoms with E-state index in [4.69, 9.17) is 5.73 Å². The number of nitrogens with one attached hydrogen (secondary N) is 1. The van der Waals surface area contributed by atoms with E-state index in [1.165, 1.54) is 0 Å². The van der Waals surface area contributed by atoms with Gasteiger partial charge >= 0.3 is 0 Å². The first kappa shape index (κ1) is 14.2. The summed E-state index contributed by atoms with van der Waals surface area (Å²) in [6.45, 7) is 0. The molecule has 0 aromatic heterocycles. The molecule has 0 bridgehead atoms. The molecule has 1 aliphatic rings. The highest BCUT2D eigenvalue weighted by molar-refractivity contribution is 7.89. The quantitative estimate of drug-likeness (QED) is 0.838. The summed E-state index contributed by atoms with van der Waals surface area (Å²) in [4.78, 5) is -0.600. The lowest BCUT2D eigenvalue weighted by Gasteiger charge is -2.22. The Kier molecular flexibility index (Phi) is 4.05. The maximum atomic E-state index is 13.7. The number of nitrogens with two attached hydrogens (primary N) is 1. The summed E-state index contributed by atoms with van der Waals surface area (Å²) in [5.41, 5.74) is 4.40. The van der Waals surface area contributed by atoms with Crippen molar-refractivity contribution >= 4 is 15.7 Å². The van der Waals surface area contributed by atoms with Gasteiger partial charge in [-0.3, -0.25) is 0 Å². The van der Waals surface area contributed by atoms with Crippen LogP contribution < -0.4 is 10.5 Å². The summed E-state index contributed by atoms with van der Waals surface area (Å²) in [7, 11) is -4.00. The number of hydrogen-bond donors (Lipinski definition) is 2. The lowest BCUT2D eigenvalue weighted by Crippen LogP contribution is -2.36. The molecule has 1 aliphatic carbocycles. The third-order valence-corrected chi connectivity index (χ3v) is 4.85. The Morgan fingerprint density at radius 2 is 1.79 bits per heavy atom. The Labute approximate surface area is 111 Å². The van der Waals surface area contributed by atoms with Gasteiger partial charge in [0.1, 0.15) is 16.4 Å². The highest BCUT2D eigenvalue weighted by atomic mass is 32.2. The van der Waals surface area contributed by atoms with E-state index in [0.717, 1.165) is 44.2 Å². The van der Waals surface area contributed by atoms with Crippen molar-refractivity contribution in [1.29, 1.82) is 0 Å². The van der Waals surface area contributed by atoms with Crippen LogP contribution in [-0.4, -0.2) is 14.5 Å². The average molecular weight is 290 g/mol. The van der Waals surface area contributed by atoms with Crippen molar-refractivity contribution in [1.82, 2.24) is 4.72 Å². The molecule has 0 amide bonds. The molecule has 0 unspecified atom stereocenters. The number of rotatable bonds is 3. The third kappa shape index (κ3) is 3.03. The van der Waals surface area contributed by atoms with E-state index >= 15 is 0 Å². The largest absolute Gasteiger partial charge is 0.394 e. The normalized spacial score (nSPS) is 17.6. The van der Waals surface area contributed by atoms with Crippen molar-refractivity contribution < 1.29 is 17.2 Å². The highest BCUT2D eigenvalue weighted by Crippen LogP contribution is 2.24. The fraction of sp³-hybridized carbons (Fsp3) is 0.500. The topological polar surface area (TPSA) is 72.2 Å². The van der Waals surface area contributed by atoms with Crippen molar-refractivity contribution in [2.75, 3.05) is 5.73 Å². The molecule has 4 nitrogen and oxygen atoms in total. The van der Waals surface area contributed by atoms with Gasteiger partial charge in [-0.05, 0) is 25.0 Å². The van der Waals surface area contributed by atoms with Crippen molar-refractivity contribution in [2.45, 2.75) is 43.0 Å². The molecule has 1 aromatic carbocycles. The van der Waals surface area contributed by atoms with Gasteiger partial charge in [-0.2, -0.15) is 0 Å². The van der Waals surface area contributed by atoms with Gasteiger partial charge in [0.15, 0.2) is 5.82 Å². The first-order valence-electron chi connectivity index (χ1n) is 6.17. The second kappa shape index (κ2) is 5.42. The minimum atomic E-state index is -4.00. The number of nitrogen functional groups attached to an aromatic ring is 1. The van der Waals surface area contributed by atoms with E-state index in [1.807, 2.05) is 0 Å². The number of sulfonamides is 1. The molecule has 0 heterocycles. The Morgan fingerprint density at radius 3 is 2.42 bits per heavy atom. The van der Waals surface area contributed by atoms with Gasteiger partial charge in [-0.25, -0.2) is 21.9 Å². The predicted molar refractivity (Wildman–Crippen MR) is 68.0 cm³/mol. The summed E-state index contributed by atoms with van der Waals surface area (Å²) in [6, 6.07) is 1.56. The van der Waals surface area contributed by atoms with Crippen molar-refractivity contribution in [3.8, 4) is 0 Å². The molecule has 7 heteroatoms. The number of benzene rings is 1. The molecular weight excluding hydrogens is 274 g/mol. The fourth-order valence-electron chi connectivity index (χ4n) is 2.26. The van der Waals surface area contributed by atoms with Crippen LogP contribution in [0.15, 0.2) is 17.0 Å². The Bertz CT molecular complexity index is 569. The SMILES string of the molecule is Nc1c(F)ccc(S(=O)(=O)NC2CCCCC2)c1F. The summed E-state index contributed by atoms with van der Waals surface area (Å²) >= 11 is 0. The van der Waals surface area contributed by atoms with Gasteiger partial charge in [0.25, 0.3) is 0 Å². The first-order chi connectivity index (χ1) is 8.92. The van der Waals surface area contributed by atoms with Crippen LogP contribution in [0.2, 0.25) is 0 Å². The standard InChI is InChI=1S/C12H16F2N2O2S/c13-9-6-7-10(11(14)12(9)15)19(17,18)16-8-4-2-1-3-5-8/h6-8,16H,1-5,15H2. The zero-order valence-corrected chi connectivity index (χ0v) is 11.1. The van der Waals surface area contributed by atoms with E-state index in [2.05, 4.69) is 4.72 Å². The minimum absolute atomic E-state index is 0.190. The van der Waals surface area contributed by atoms with Crippen LogP contribution in [0.5, 0.6) is 0 Å². The average Bonchev–Trinajstić information content (AvgIpc) is 2.36. The molecule has 0 atom stereocenters. The molecular formula is C12H16F2N2O2S. The molecule has 1 fully saturated rings. The van der Waals surface area contributed by atoms with E-state index < -0.39 is 32.2 Å². The van der Waals surface area contributed by atoms with Crippen LogP contribution in [0, 0.1) is 11.6 Å². The summed E-state index contributed by atoms with van der Waals surface area (Å²) in [5.74, 6) is -2.20. The molecule has 1 aromatic rings. The van der Waals surface area contributed by atoms with Crippen LogP contribution in [0.3, 0.4) is 0 Å². The van der Waals surface area contributed by atoms with Crippen LogP contribution in [0.1, 0.15) is 32.1 Å². The second-order valence-corrected chi connectivity index (χ2v) is 6.41. The van der Waals surface area contributed by atoms with Gasteiger partial charge in [0, 0.05) is 6.04 Å². The zero-order chi connectivity index (χ0) is 14.0. The Morgan fingerprint density at radius 1 is 1.16 bits per heavy atom. The molecule has 0 saturated heterocycles. The lowest BCUT2D eigenvalue weighted by atomic mass is 9.96. The maximum absolute atomic E-state index is 13.7. The molecule has 3 N–H and O–H groups in total. The minimum Gasteiger partial charge on any atom is -0.394 e. The smallest absolute Gasteiger partial charge is 0.243 e. The number of anilines is 1. The van der Waals surface area contributed by atoms with E-state index in [9.17, 15) is 17.2 Å². The number of halogens is 2. The van der Waals surface area contributed by atoms with E-state index in [1.54, 1.807) is 0 Å². The maximum Gasteiger partial charge on any atom is 0.243 e. The molecule has 0 aliphatic heterocycles. The monoisotopic (exact) mass is 290 g/mol. The van der Waals surface area contributed by atoms with Crippen LogP contribution >= 0.6 is 0 Å². The van der Waals surface area contributed by atoms with Gasteiger partial charge in [-0.1, -0.05) is 19.3 Å². The molecule has 1 saturated carbocycles. The lowest BCUT2D eigenvalue weighted by molar-refractivity contribution is 0.411. The van der Waals surface area contributed by atoms with Crippen LogP contribution in [-0.2, 0) is 10.0 Å². The van der Waals surface area contributed by atoms with Gasteiger partial charge in [0.2, 0.25) is 10.0 Å². The summed E-state index contributed by atoms with van der Waals surface area (Å²) < 4.78 is 53.3. The second-order valence-electron chi connectivity index (χ2n) is 4.73. The molecule has 19 heavy (non-hydrogen) atoms. The summed E-state index contributed by atoms with van der Waals surface area (Å²) in [5, 5.41) is 0. The predicted octanol–water partition coefficient (Wildman–Crippen LogP) is 2.16. The highest BCUT2D eigenvalue weighted by Gasteiger charge is 2.26. The third-order valence-electron chi connectivity index (χ3n) is 3.31. The fourth-order valence-corrected chi connectivity index (χ4v) is 3.65. The van der Waals surface area contributed by atoms with Crippen molar-refractivity contribution in [3.63, 3.8) is 0 Å². The first-order valence-corrected chi connectivity index (χ1v) is 7.66. The van der Waals surface area contributed by atoms with Gasteiger partial charge in [0.05, 0.1) is 0 Å². The van der Waals surface area contributed by atoms with E-state index in [0.29, 0.717) is 0 Å². The molecule has 0 spiro atoms. The van der Waals surface area contributed by atoms with Crippen molar-refractivity contribution in [3.05, 3.63) is 23.8 Å². The van der Waals surface area contributed by atoms with Crippen molar-refractivity contribution in [2.24, 2.45) is 0 Å². The van der Waals surface area contributed by atoms with Crippen LogP contribution in [0.4, 0.5) is 14.5 Å². The zero-order valence-electron chi connectivity index (χ0n) is 10.3. The summed E-state index contributed by atoms with van der Waals surface area (Å²) in [6.07, 6.45) is 4.44. The van der Waals surface area contributed by atoms with E-state index in [-0.39, 0.29) is 6.04 Å². The van der Waals surface area contributed by atoms with Gasteiger partial charge in [-0.15, -0.1) is 0 Å². The molecule has 106 valence electrons. The van der Waals surface area contributed by atoms with Gasteiger partial charge < -0.3 is 5.73 Å². The Balaban J connectivity index is 2.26. The molecule has 0 radical (unpaired) electrons. The number of hydrogen-bond acceptors (Lipinski definition) is 3. The Hall–Kier alpha value is -1.21. The molecule has 2 rings (SSSR count).